The van der Waals surface area contributed by atoms with Gasteiger partial charge in [-0.1, -0.05) is 13.3 Å². The summed E-state index contributed by atoms with van der Waals surface area (Å²) in [6.07, 6.45) is 4.21. The van der Waals surface area contributed by atoms with Crippen LogP contribution in [0, 0.1) is 0 Å². The molecule has 0 aromatic carbocycles. The van der Waals surface area contributed by atoms with Crippen LogP contribution < -0.4 is 0 Å². The molecule has 0 rings (SSSR count). The van der Waals surface area contributed by atoms with Crippen molar-refractivity contribution in [1.29, 1.82) is 0 Å². The minimum atomic E-state index is -4.20. The third-order valence-electron chi connectivity index (χ3n) is 1.44. The normalized spacial score (nSPS) is 10.6. The second-order valence-electron chi connectivity index (χ2n) is 2.96. The molecule has 0 aliphatic rings. The van der Waals surface area contributed by atoms with Crippen molar-refractivity contribution >= 4 is 28.1 Å². The molecule has 4 nitrogen and oxygen atoms in total. The first-order valence-electron chi connectivity index (χ1n) is 5.09. The van der Waals surface area contributed by atoms with Gasteiger partial charge >= 0.3 is 53.0 Å². The Morgan fingerprint density at radius 3 is 1.93 bits per heavy atom. The summed E-state index contributed by atoms with van der Waals surface area (Å²) < 4.78 is 31.7. The summed E-state index contributed by atoms with van der Waals surface area (Å²) in [4.78, 5) is 0. The van der Waals surface area contributed by atoms with Crippen molar-refractivity contribution in [2.75, 3.05) is 6.61 Å². The second-order valence-corrected chi connectivity index (χ2v) is 4.05. The third kappa shape index (κ3) is 22.9. The Kier molecular flexibility index (Phi) is 13.9. The predicted molar refractivity (Wildman–Crippen MR) is 57.9 cm³/mol. The summed E-state index contributed by atoms with van der Waals surface area (Å²) in [5.74, 6) is 0. The first-order valence-corrected chi connectivity index (χ1v) is 6.46. The van der Waals surface area contributed by atoms with E-state index in [2.05, 4.69) is 28.8 Å². The van der Waals surface area contributed by atoms with Crippen molar-refractivity contribution in [2.24, 2.45) is 0 Å². The van der Waals surface area contributed by atoms with Gasteiger partial charge in [0, 0.05) is 0 Å². The van der Waals surface area contributed by atoms with Crippen LogP contribution >= 0.6 is 0 Å². The average Bonchev–Trinajstić information content (AvgIpc) is 2.05. The van der Waals surface area contributed by atoms with Gasteiger partial charge in [0.1, 0.15) is 0 Å². The number of hydrogen-bond donors (Lipinski definition) is 1. The zero-order chi connectivity index (χ0) is 11.4. The molecule has 0 unspecified atom stereocenters. The molecule has 0 heterocycles. The van der Waals surface area contributed by atoms with Crippen molar-refractivity contribution in [3.05, 3.63) is 0 Å². The Morgan fingerprint density at radius 1 is 1.21 bits per heavy atom. The Balaban J connectivity index is 0. The van der Waals surface area contributed by atoms with Gasteiger partial charge in [-0.25, -0.2) is 4.18 Å². The van der Waals surface area contributed by atoms with Gasteiger partial charge in [0.05, 0.1) is 6.61 Å². The molecule has 14 heavy (non-hydrogen) atoms. The van der Waals surface area contributed by atoms with E-state index in [1.54, 1.807) is 0 Å². The van der Waals surface area contributed by atoms with Crippen molar-refractivity contribution in [3.63, 3.8) is 0 Å². The fraction of sp³-hybridized carbons (Fsp3) is 1.00. The second kappa shape index (κ2) is 11.5. The number of rotatable bonds is 6. The van der Waals surface area contributed by atoms with E-state index in [-0.39, 0.29) is 6.61 Å². The van der Waals surface area contributed by atoms with E-state index < -0.39 is 10.4 Å². The monoisotopic (exact) mass is 218 g/mol. The molecule has 0 spiro atoms. The molecule has 0 aromatic heterocycles. The predicted octanol–water partition coefficient (Wildman–Crippen LogP) is 1.98. The zero-order valence-electron chi connectivity index (χ0n) is 9.32. The van der Waals surface area contributed by atoms with Crippen LogP contribution in [0.25, 0.3) is 0 Å². The molecule has 0 radical (unpaired) electrons. The molecule has 1 N–H and O–H groups in total. The van der Waals surface area contributed by atoms with Gasteiger partial charge in [0.2, 0.25) is 0 Å². The molecule has 0 aromatic rings. The fourth-order valence-electron chi connectivity index (χ4n) is 0.662. The van der Waals surface area contributed by atoms with Crippen LogP contribution in [0.5, 0.6) is 0 Å². The van der Waals surface area contributed by atoms with Gasteiger partial charge in [-0.2, -0.15) is 8.42 Å². The minimum absolute atomic E-state index is 0.0648. The first-order chi connectivity index (χ1) is 6.47. The SMILES string of the molecule is CCCCOS(=O)(=O)O.[Li][CH2]CCC. The molecular weight excluding hydrogens is 199 g/mol. The van der Waals surface area contributed by atoms with E-state index in [1.807, 2.05) is 6.92 Å². The molecule has 6 heteroatoms. The molecule has 0 aliphatic carbocycles. The molecule has 0 amide bonds. The van der Waals surface area contributed by atoms with Crippen LogP contribution in [0.3, 0.4) is 0 Å². The van der Waals surface area contributed by atoms with E-state index in [0.717, 1.165) is 6.42 Å². The Labute approximate surface area is 96.6 Å². The zero-order valence-corrected chi connectivity index (χ0v) is 10.1. The Morgan fingerprint density at radius 2 is 1.71 bits per heavy atom. The summed E-state index contributed by atoms with van der Waals surface area (Å²) in [6.45, 7) is 4.17. The summed E-state index contributed by atoms with van der Waals surface area (Å²) >= 11 is 2.21. The van der Waals surface area contributed by atoms with Crippen LogP contribution in [-0.4, -0.2) is 37.3 Å². The quantitative estimate of drug-likeness (QED) is 0.420. The van der Waals surface area contributed by atoms with Gasteiger partial charge in [-0.05, 0) is 6.42 Å². The molecule has 0 aliphatic heterocycles. The average molecular weight is 218 g/mol. The molecule has 0 atom stereocenters. The summed E-state index contributed by atoms with van der Waals surface area (Å²) in [5.41, 5.74) is 0. The molecule has 0 bridgehead atoms. The van der Waals surface area contributed by atoms with Gasteiger partial charge in [-0.3, -0.25) is 4.55 Å². The van der Waals surface area contributed by atoms with Crippen LogP contribution in [0.4, 0.5) is 0 Å². The molecule has 82 valence electrons. The maximum absolute atomic E-state index is 9.84. The van der Waals surface area contributed by atoms with Crippen LogP contribution in [-0.2, 0) is 14.6 Å². The van der Waals surface area contributed by atoms with E-state index in [0.29, 0.717) is 6.42 Å². The van der Waals surface area contributed by atoms with Crippen molar-refractivity contribution in [3.8, 4) is 0 Å². The van der Waals surface area contributed by atoms with Gasteiger partial charge < -0.3 is 0 Å². The van der Waals surface area contributed by atoms with E-state index in [4.69, 9.17) is 4.55 Å². The summed E-state index contributed by atoms with van der Waals surface area (Å²) in [5, 5.41) is 1.34. The summed E-state index contributed by atoms with van der Waals surface area (Å²) in [6, 6.07) is 0. The van der Waals surface area contributed by atoms with Gasteiger partial charge in [0.15, 0.2) is 0 Å². The Bertz CT molecular complexity index is 190. The topological polar surface area (TPSA) is 63.6 Å². The van der Waals surface area contributed by atoms with E-state index >= 15 is 0 Å². The Hall–Kier alpha value is 0.467. The van der Waals surface area contributed by atoms with Gasteiger partial charge in [-0.15, -0.1) is 0 Å². The van der Waals surface area contributed by atoms with Crippen LogP contribution in [0.2, 0.25) is 5.09 Å². The van der Waals surface area contributed by atoms with Crippen LogP contribution in [0.15, 0.2) is 0 Å². The molecule has 0 saturated carbocycles. The number of hydrogen-bond acceptors (Lipinski definition) is 3. The maximum atomic E-state index is 9.84. The van der Waals surface area contributed by atoms with Crippen molar-refractivity contribution < 1.29 is 17.2 Å². The number of unbranched alkanes of at least 4 members (excludes halogenated alkanes) is 2. The molecule has 0 fully saturated rings. The van der Waals surface area contributed by atoms with Crippen molar-refractivity contribution in [2.45, 2.75) is 44.6 Å². The fourth-order valence-corrected chi connectivity index (χ4v) is 0.991. The third-order valence-corrected chi connectivity index (χ3v) is 1.90. The van der Waals surface area contributed by atoms with E-state index in [1.165, 1.54) is 17.9 Å². The van der Waals surface area contributed by atoms with E-state index in [9.17, 15) is 8.42 Å². The standard InChI is InChI=1S/C4H10O4S.C4H9.Li/c1-2-3-4-8-9(5,6)7;1-3-4-2;/h2-4H2,1H3,(H,5,6,7);1,3-4H2,2H3;. The molecular formula is C8H19LiO4S. The summed E-state index contributed by atoms with van der Waals surface area (Å²) in [7, 11) is -4.20. The molecule has 0 saturated heterocycles. The van der Waals surface area contributed by atoms with Crippen LogP contribution in [0.1, 0.15) is 39.5 Å². The van der Waals surface area contributed by atoms with Gasteiger partial charge in [0.25, 0.3) is 0 Å². The van der Waals surface area contributed by atoms with Crippen molar-refractivity contribution in [1.82, 2.24) is 0 Å². The first kappa shape index (κ1) is 16.9.